The zero-order chi connectivity index (χ0) is 18.8. The van der Waals surface area contributed by atoms with E-state index in [0.717, 1.165) is 0 Å². The average Bonchev–Trinajstić information content (AvgIpc) is 2.96. The van der Waals surface area contributed by atoms with Gasteiger partial charge in [-0.15, -0.1) is 0 Å². The van der Waals surface area contributed by atoms with Gasteiger partial charge in [-0.05, 0) is 20.8 Å². The first-order chi connectivity index (χ1) is 11.7. The smallest absolute Gasteiger partial charge is 0.229 e. The molecule has 0 bridgehead atoms. The van der Waals surface area contributed by atoms with Crippen LogP contribution in [0.25, 0.3) is 0 Å². The van der Waals surface area contributed by atoms with Crippen molar-refractivity contribution in [3.63, 3.8) is 0 Å². The molecule has 25 heavy (non-hydrogen) atoms. The molecule has 0 spiro atoms. The van der Waals surface area contributed by atoms with E-state index >= 15 is 0 Å². The van der Waals surface area contributed by atoms with E-state index in [2.05, 4.69) is 5.32 Å². The van der Waals surface area contributed by atoms with E-state index in [1.165, 1.54) is 21.3 Å². The molecular weight excluding hydrogens is 324 g/mol. The zero-order valence-corrected chi connectivity index (χ0v) is 15.6. The molecule has 2 amide bonds. The quantitative estimate of drug-likeness (QED) is 0.882. The molecule has 7 nitrogen and oxygen atoms in total. The number of hydrogen-bond acceptors (Lipinski definition) is 5. The van der Waals surface area contributed by atoms with Crippen molar-refractivity contribution >= 4 is 17.5 Å². The molecule has 0 aromatic heterocycles. The Morgan fingerprint density at radius 3 is 2.08 bits per heavy atom. The highest BCUT2D eigenvalue weighted by molar-refractivity contribution is 5.97. The first-order valence-corrected chi connectivity index (χ1v) is 8.12. The predicted octanol–water partition coefficient (Wildman–Crippen LogP) is 2.30. The summed E-state index contributed by atoms with van der Waals surface area (Å²) in [6, 6.07) is 3.33. The number of anilines is 1. The van der Waals surface area contributed by atoms with Crippen molar-refractivity contribution in [3.8, 4) is 17.2 Å². The molecule has 1 heterocycles. The Kier molecular flexibility index (Phi) is 5.45. The summed E-state index contributed by atoms with van der Waals surface area (Å²) in [4.78, 5) is 26.5. The Hall–Kier alpha value is -2.44. The largest absolute Gasteiger partial charge is 0.493 e. The molecule has 0 unspecified atom stereocenters. The monoisotopic (exact) mass is 350 g/mol. The Morgan fingerprint density at radius 1 is 1.12 bits per heavy atom. The molecule has 1 aliphatic rings. The van der Waals surface area contributed by atoms with Gasteiger partial charge in [-0.25, -0.2) is 0 Å². The van der Waals surface area contributed by atoms with Crippen molar-refractivity contribution in [2.24, 2.45) is 5.92 Å². The van der Waals surface area contributed by atoms with E-state index in [4.69, 9.17) is 14.2 Å². The number of methoxy groups -OCH3 is 3. The van der Waals surface area contributed by atoms with Crippen LogP contribution in [-0.2, 0) is 9.59 Å². The predicted molar refractivity (Wildman–Crippen MR) is 94.3 cm³/mol. The molecule has 0 saturated carbocycles. The number of carbonyl (C=O) groups excluding carboxylic acids is 2. The molecule has 1 saturated heterocycles. The minimum Gasteiger partial charge on any atom is -0.493 e. The topological polar surface area (TPSA) is 77.1 Å². The number of ether oxygens (including phenoxy) is 3. The lowest BCUT2D eigenvalue weighted by molar-refractivity contribution is -0.131. The molecular formula is C18H26N2O5. The third-order valence-corrected chi connectivity index (χ3v) is 4.24. The second-order valence-corrected chi connectivity index (χ2v) is 6.98. The van der Waals surface area contributed by atoms with E-state index in [1.807, 2.05) is 20.8 Å². The number of amides is 2. The number of hydrogen-bond donors (Lipinski definition) is 1. The fourth-order valence-corrected chi connectivity index (χ4v) is 2.93. The summed E-state index contributed by atoms with van der Waals surface area (Å²) >= 11 is 0. The third kappa shape index (κ3) is 3.97. The van der Waals surface area contributed by atoms with E-state index in [9.17, 15) is 9.59 Å². The van der Waals surface area contributed by atoms with Crippen LogP contribution in [0, 0.1) is 5.92 Å². The van der Waals surface area contributed by atoms with Gasteiger partial charge in [-0.3, -0.25) is 9.59 Å². The number of nitrogens with zero attached hydrogens (tertiary/aromatic N) is 1. The molecule has 0 radical (unpaired) electrons. The SMILES string of the molecule is COc1cc(NC(=O)[C@H]2CC(=O)N(C(C)(C)C)C2)cc(OC)c1OC. The van der Waals surface area contributed by atoms with Crippen LogP contribution >= 0.6 is 0 Å². The first kappa shape index (κ1) is 18.9. The van der Waals surface area contributed by atoms with Gasteiger partial charge in [0.15, 0.2) is 11.5 Å². The van der Waals surface area contributed by atoms with Gasteiger partial charge in [0, 0.05) is 36.3 Å². The molecule has 7 heteroatoms. The number of rotatable bonds is 5. The van der Waals surface area contributed by atoms with Crippen molar-refractivity contribution in [2.45, 2.75) is 32.7 Å². The molecule has 1 N–H and O–H groups in total. The van der Waals surface area contributed by atoms with Crippen LogP contribution in [0.2, 0.25) is 0 Å². The van der Waals surface area contributed by atoms with Gasteiger partial charge in [0.2, 0.25) is 17.6 Å². The van der Waals surface area contributed by atoms with E-state index in [1.54, 1.807) is 17.0 Å². The molecule has 1 atom stereocenters. The van der Waals surface area contributed by atoms with Crippen molar-refractivity contribution < 1.29 is 23.8 Å². The highest BCUT2D eigenvalue weighted by Crippen LogP contribution is 2.40. The van der Waals surface area contributed by atoms with Crippen LogP contribution in [0.3, 0.4) is 0 Å². The molecule has 1 fully saturated rings. The van der Waals surface area contributed by atoms with Gasteiger partial charge in [0.05, 0.1) is 27.2 Å². The normalized spacial score (nSPS) is 17.4. The van der Waals surface area contributed by atoms with Crippen LogP contribution < -0.4 is 19.5 Å². The van der Waals surface area contributed by atoms with E-state index in [0.29, 0.717) is 29.5 Å². The Balaban J connectivity index is 2.17. The van der Waals surface area contributed by atoms with Crippen molar-refractivity contribution in [1.82, 2.24) is 4.90 Å². The molecule has 1 aromatic rings. The minimum absolute atomic E-state index is 0.00228. The fraction of sp³-hybridized carbons (Fsp3) is 0.556. The number of carbonyl (C=O) groups is 2. The van der Waals surface area contributed by atoms with Crippen LogP contribution in [0.4, 0.5) is 5.69 Å². The number of benzene rings is 1. The lowest BCUT2D eigenvalue weighted by Crippen LogP contribution is -2.42. The van der Waals surface area contributed by atoms with E-state index in [-0.39, 0.29) is 29.7 Å². The summed E-state index contributed by atoms with van der Waals surface area (Å²) in [6.07, 6.45) is 0.216. The third-order valence-electron chi connectivity index (χ3n) is 4.24. The van der Waals surface area contributed by atoms with Crippen LogP contribution in [0.1, 0.15) is 27.2 Å². The molecule has 138 valence electrons. The Labute approximate surface area is 148 Å². The number of nitrogens with one attached hydrogen (secondary N) is 1. The van der Waals surface area contributed by atoms with Crippen molar-refractivity contribution in [3.05, 3.63) is 12.1 Å². The fourth-order valence-electron chi connectivity index (χ4n) is 2.93. The van der Waals surface area contributed by atoms with Crippen LogP contribution in [0.15, 0.2) is 12.1 Å². The summed E-state index contributed by atoms with van der Waals surface area (Å²) in [7, 11) is 4.54. The van der Waals surface area contributed by atoms with Gasteiger partial charge in [-0.2, -0.15) is 0 Å². The summed E-state index contributed by atoms with van der Waals surface area (Å²) in [5.41, 5.74) is 0.236. The number of likely N-dealkylation sites (tertiary alicyclic amines) is 1. The van der Waals surface area contributed by atoms with Gasteiger partial charge < -0.3 is 24.4 Å². The van der Waals surface area contributed by atoms with Crippen molar-refractivity contribution in [1.29, 1.82) is 0 Å². The molecule has 0 aliphatic carbocycles. The minimum atomic E-state index is -0.384. The first-order valence-electron chi connectivity index (χ1n) is 8.12. The summed E-state index contributed by atoms with van der Waals surface area (Å²) in [6.45, 7) is 6.30. The highest BCUT2D eigenvalue weighted by Gasteiger charge is 2.39. The second-order valence-electron chi connectivity index (χ2n) is 6.98. The standard InChI is InChI=1S/C18H26N2O5/c1-18(2,3)20-10-11(7-15(20)21)17(22)19-12-8-13(23-4)16(25-6)14(9-12)24-5/h8-9,11H,7,10H2,1-6H3,(H,19,22)/t11-/m0/s1. The maximum Gasteiger partial charge on any atom is 0.229 e. The van der Waals surface area contributed by atoms with Crippen molar-refractivity contribution in [2.75, 3.05) is 33.2 Å². The van der Waals surface area contributed by atoms with Crippen LogP contribution in [0.5, 0.6) is 17.2 Å². The molecule has 1 aliphatic heterocycles. The lowest BCUT2D eigenvalue weighted by Gasteiger charge is -2.31. The lowest BCUT2D eigenvalue weighted by atomic mass is 10.1. The maximum atomic E-state index is 12.6. The second kappa shape index (κ2) is 7.21. The van der Waals surface area contributed by atoms with E-state index < -0.39 is 0 Å². The highest BCUT2D eigenvalue weighted by atomic mass is 16.5. The molecule has 1 aromatic carbocycles. The van der Waals surface area contributed by atoms with Gasteiger partial charge in [0.25, 0.3) is 0 Å². The average molecular weight is 350 g/mol. The Morgan fingerprint density at radius 2 is 1.68 bits per heavy atom. The zero-order valence-electron chi connectivity index (χ0n) is 15.6. The van der Waals surface area contributed by atoms with Gasteiger partial charge in [-0.1, -0.05) is 0 Å². The molecule has 2 rings (SSSR count). The maximum absolute atomic E-state index is 12.6. The van der Waals surface area contributed by atoms with Gasteiger partial charge >= 0.3 is 0 Å². The van der Waals surface area contributed by atoms with Crippen LogP contribution in [-0.4, -0.2) is 50.1 Å². The summed E-state index contributed by atoms with van der Waals surface area (Å²) in [5, 5.41) is 2.84. The Bertz CT molecular complexity index is 641. The summed E-state index contributed by atoms with van der Waals surface area (Å²) < 4.78 is 15.8. The van der Waals surface area contributed by atoms with Gasteiger partial charge in [0.1, 0.15) is 0 Å². The summed E-state index contributed by atoms with van der Waals surface area (Å²) in [5.74, 6) is 0.780.